The molecule has 0 bridgehead atoms. The molecular formula is C16H21N3. The van der Waals surface area contributed by atoms with Crippen LogP contribution in [0.15, 0.2) is 30.5 Å². The zero-order valence-corrected chi connectivity index (χ0v) is 11.5. The average molecular weight is 255 g/mol. The maximum atomic E-state index is 5.78. The highest BCUT2D eigenvalue weighted by atomic mass is 15.1. The van der Waals surface area contributed by atoms with Crippen molar-refractivity contribution in [3.8, 4) is 11.3 Å². The van der Waals surface area contributed by atoms with Crippen LogP contribution in [-0.2, 0) is 7.05 Å². The van der Waals surface area contributed by atoms with Crippen LogP contribution < -0.4 is 5.73 Å². The summed E-state index contributed by atoms with van der Waals surface area (Å²) < 4.78 is 1.85. The van der Waals surface area contributed by atoms with E-state index in [1.807, 2.05) is 17.8 Å². The zero-order valence-electron chi connectivity index (χ0n) is 11.5. The fourth-order valence-electron chi connectivity index (χ4n) is 2.98. The summed E-state index contributed by atoms with van der Waals surface area (Å²) >= 11 is 0. The van der Waals surface area contributed by atoms with E-state index in [1.54, 1.807) is 0 Å². The molecule has 3 rings (SSSR count). The molecule has 1 fully saturated rings. The first-order valence-corrected chi connectivity index (χ1v) is 7.13. The summed E-state index contributed by atoms with van der Waals surface area (Å²) in [6, 6.07) is 8.86. The van der Waals surface area contributed by atoms with Gasteiger partial charge in [0, 0.05) is 18.8 Å². The second-order valence-corrected chi connectivity index (χ2v) is 5.55. The van der Waals surface area contributed by atoms with E-state index in [0.717, 1.165) is 17.2 Å². The van der Waals surface area contributed by atoms with Gasteiger partial charge in [-0.05, 0) is 24.3 Å². The summed E-state index contributed by atoms with van der Waals surface area (Å²) in [5, 5.41) is 0. The first-order chi connectivity index (χ1) is 9.24. The molecule has 3 heteroatoms. The molecule has 0 saturated heterocycles. The van der Waals surface area contributed by atoms with E-state index in [4.69, 9.17) is 5.73 Å². The highest BCUT2D eigenvalue weighted by Gasteiger charge is 2.15. The lowest BCUT2D eigenvalue weighted by atomic mass is 9.84. The van der Waals surface area contributed by atoms with E-state index >= 15 is 0 Å². The number of hydrogen-bond donors (Lipinski definition) is 1. The summed E-state index contributed by atoms with van der Waals surface area (Å²) in [5.74, 6) is 1.32. The van der Waals surface area contributed by atoms with Crippen molar-refractivity contribution in [1.29, 1.82) is 0 Å². The van der Waals surface area contributed by atoms with E-state index in [1.165, 1.54) is 37.7 Å². The van der Waals surface area contributed by atoms with Crippen molar-refractivity contribution in [2.45, 2.75) is 38.0 Å². The Labute approximate surface area is 114 Å². The zero-order chi connectivity index (χ0) is 13.2. The molecule has 19 heavy (non-hydrogen) atoms. The quantitative estimate of drug-likeness (QED) is 0.888. The molecule has 0 radical (unpaired) electrons. The fraction of sp³-hybridized carbons (Fsp3) is 0.438. The second kappa shape index (κ2) is 5.08. The Hall–Kier alpha value is -1.77. The minimum atomic E-state index is 0.561. The molecule has 100 valence electrons. The Kier molecular flexibility index (Phi) is 3.28. The Balaban J connectivity index is 1.82. The van der Waals surface area contributed by atoms with Crippen LogP contribution in [0.25, 0.3) is 11.3 Å². The molecule has 0 atom stereocenters. The molecule has 1 aliphatic carbocycles. The van der Waals surface area contributed by atoms with E-state index in [2.05, 4.69) is 29.2 Å². The minimum Gasteiger partial charge on any atom is -0.369 e. The molecule has 2 aromatic rings. The molecule has 2 N–H and O–H groups in total. The van der Waals surface area contributed by atoms with Gasteiger partial charge < -0.3 is 10.3 Å². The predicted octanol–water partition coefficient (Wildman–Crippen LogP) is 3.72. The van der Waals surface area contributed by atoms with Crippen LogP contribution in [0.3, 0.4) is 0 Å². The van der Waals surface area contributed by atoms with Gasteiger partial charge in [0.2, 0.25) is 0 Å². The molecule has 0 unspecified atom stereocenters. The normalized spacial score (nSPS) is 16.7. The van der Waals surface area contributed by atoms with Crippen LogP contribution in [0.5, 0.6) is 0 Å². The van der Waals surface area contributed by atoms with Crippen LogP contribution in [0.1, 0.15) is 43.6 Å². The van der Waals surface area contributed by atoms with Crippen LogP contribution in [0.2, 0.25) is 0 Å². The number of nitrogens with zero attached hydrogens (tertiary/aromatic N) is 2. The monoisotopic (exact) mass is 255 g/mol. The molecule has 1 aliphatic rings. The number of benzene rings is 1. The van der Waals surface area contributed by atoms with Crippen molar-refractivity contribution in [3.05, 3.63) is 36.0 Å². The number of nitrogen functional groups attached to an aromatic ring is 1. The summed E-state index contributed by atoms with van der Waals surface area (Å²) in [7, 11) is 1.92. The van der Waals surface area contributed by atoms with E-state index in [9.17, 15) is 0 Å². The van der Waals surface area contributed by atoms with Crippen molar-refractivity contribution < 1.29 is 0 Å². The van der Waals surface area contributed by atoms with E-state index in [0.29, 0.717) is 5.95 Å². The molecule has 3 nitrogen and oxygen atoms in total. The summed E-state index contributed by atoms with van der Waals surface area (Å²) in [6.45, 7) is 0. The highest BCUT2D eigenvalue weighted by molar-refractivity contribution is 5.60. The third kappa shape index (κ3) is 2.50. The van der Waals surface area contributed by atoms with Crippen LogP contribution in [0, 0.1) is 0 Å². The summed E-state index contributed by atoms with van der Waals surface area (Å²) in [6.07, 6.45) is 8.82. The van der Waals surface area contributed by atoms with Crippen molar-refractivity contribution in [2.24, 2.45) is 7.05 Å². The third-order valence-corrected chi connectivity index (χ3v) is 4.20. The van der Waals surface area contributed by atoms with Gasteiger partial charge in [-0.2, -0.15) is 0 Å². The predicted molar refractivity (Wildman–Crippen MR) is 78.9 cm³/mol. The second-order valence-electron chi connectivity index (χ2n) is 5.55. The average Bonchev–Trinajstić information content (AvgIpc) is 2.80. The van der Waals surface area contributed by atoms with Gasteiger partial charge in [0.1, 0.15) is 0 Å². The Morgan fingerprint density at radius 2 is 1.79 bits per heavy atom. The molecule has 1 aromatic heterocycles. The first kappa shape index (κ1) is 12.3. The van der Waals surface area contributed by atoms with Crippen molar-refractivity contribution in [1.82, 2.24) is 9.55 Å². The molecule has 1 saturated carbocycles. The van der Waals surface area contributed by atoms with Crippen LogP contribution in [0.4, 0.5) is 5.95 Å². The lowest BCUT2D eigenvalue weighted by molar-refractivity contribution is 0.443. The Bertz CT molecular complexity index is 528. The molecule has 1 aromatic carbocycles. The molecule has 0 amide bonds. The van der Waals surface area contributed by atoms with Gasteiger partial charge in [-0.15, -0.1) is 0 Å². The fourth-order valence-corrected chi connectivity index (χ4v) is 2.98. The number of aromatic nitrogens is 2. The number of anilines is 1. The number of imidazole rings is 1. The number of rotatable bonds is 2. The lowest BCUT2D eigenvalue weighted by Gasteiger charge is -2.21. The highest BCUT2D eigenvalue weighted by Crippen LogP contribution is 2.33. The lowest BCUT2D eigenvalue weighted by Crippen LogP contribution is -2.04. The SMILES string of the molecule is Cn1cc(-c2ccc(C3CCCCC3)cc2)nc1N. The Morgan fingerprint density at radius 3 is 2.37 bits per heavy atom. The summed E-state index contributed by atoms with van der Waals surface area (Å²) in [5.41, 5.74) is 9.35. The Morgan fingerprint density at radius 1 is 1.11 bits per heavy atom. The summed E-state index contributed by atoms with van der Waals surface area (Å²) in [4.78, 5) is 4.36. The third-order valence-electron chi connectivity index (χ3n) is 4.20. The maximum Gasteiger partial charge on any atom is 0.200 e. The largest absolute Gasteiger partial charge is 0.369 e. The maximum absolute atomic E-state index is 5.78. The van der Waals surface area contributed by atoms with Gasteiger partial charge in [-0.25, -0.2) is 4.98 Å². The molecular weight excluding hydrogens is 234 g/mol. The van der Waals surface area contributed by atoms with E-state index in [-0.39, 0.29) is 0 Å². The van der Waals surface area contributed by atoms with Crippen molar-refractivity contribution >= 4 is 5.95 Å². The molecule has 0 aliphatic heterocycles. The first-order valence-electron chi connectivity index (χ1n) is 7.13. The van der Waals surface area contributed by atoms with Crippen molar-refractivity contribution in [2.75, 3.05) is 5.73 Å². The van der Waals surface area contributed by atoms with Gasteiger partial charge in [0.25, 0.3) is 0 Å². The van der Waals surface area contributed by atoms with Crippen LogP contribution in [-0.4, -0.2) is 9.55 Å². The molecule has 1 heterocycles. The topological polar surface area (TPSA) is 43.8 Å². The van der Waals surface area contributed by atoms with Gasteiger partial charge >= 0.3 is 0 Å². The number of nitrogens with two attached hydrogens (primary N) is 1. The van der Waals surface area contributed by atoms with Gasteiger partial charge in [-0.3, -0.25) is 0 Å². The van der Waals surface area contributed by atoms with Gasteiger partial charge in [0.05, 0.1) is 5.69 Å². The smallest absolute Gasteiger partial charge is 0.200 e. The standard InChI is InChI=1S/C16H21N3/c1-19-11-15(18-16(19)17)14-9-7-13(8-10-14)12-5-3-2-4-6-12/h7-12H,2-6H2,1H3,(H2,17,18). The van der Waals surface area contributed by atoms with Gasteiger partial charge in [-0.1, -0.05) is 43.5 Å². The van der Waals surface area contributed by atoms with Crippen LogP contribution >= 0.6 is 0 Å². The van der Waals surface area contributed by atoms with Crippen molar-refractivity contribution in [3.63, 3.8) is 0 Å². The van der Waals surface area contributed by atoms with E-state index < -0.39 is 0 Å². The number of hydrogen-bond acceptors (Lipinski definition) is 2. The number of aryl methyl sites for hydroxylation is 1. The minimum absolute atomic E-state index is 0.561. The van der Waals surface area contributed by atoms with Gasteiger partial charge in [0.15, 0.2) is 5.95 Å². The molecule has 0 spiro atoms.